The quantitative estimate of drug-likeness (QED) is 0.644. The zero-order valence-electron chi connectivity index (χ0n) is 18.4. The average Bonchev–Trinajstić information content (AvgIpc) is 3.16. The van der Waals surface area contributed by atoms with Crippen molar-refractivity contribution >= 4 is 12.1 Å². The van der Waals surface area contributed by atoms with E-state index in [0.717, 1.165) is 11.3 Å². The Morgan fingerprint density at radius 1 is 1.00 bits per heavy atom. The predicted molar refractivity (Wildman–Crippen MR) is 115 cm³/mol. The summed E-state index contributed by atoms with van der Waals surface area (Å²) >= 11 is 0. The van der Waals surface area contributed by atoms with Crippen LogP contribution in [0.4, 0.5) is 4.79 Å². The van der Waals surface area contributed by atoms with E-state index in [2.05, 4.69) is 0 Å². The van der Waals surface area contributed by atoms with Crippen LogP contribution in [0.1, 0.15) is 32.8 Å². The fourth-order valence-electron chi connectivity index (χ4n) is 3.38. The third-order valence-corrected chi connectivity index (χ3v) is 4.73. The summed E-state index contributed by atoms with van der Waals surface area (Å²) in [5.74, 6) is 0.885. The van der Waals surface area contributed by atoms with E-state index in [1.54, 1.807) is 0 Å². The Hall–Kier alpha value is -3.22. The van der Waals surface area contributed by atoms with Crippen LogP contribution in [0.2, 0.25) is 0 Å². The number of likely N-dealkylation sites (tertiary alicyclic amines) is 1. The molecule has 0 radical (unpaired) electrons. The second kappa shape index (κ2) is 9.73. The highest BCUT2D eigenvalue weighted by atomic mass is 16.6. The number of esters is 1. The summed E-state index contributed by atoms with van der Waals surface area (Å²) in [6.45, 7) is 6.30. The van der Waals surface area contributed by atoms with Gasteiger partial charge in [0.15, 0.2) is 0 Å². The molecule has 7 nitrogen and oxygen atoms in total. The van der Waals surface area contributed by atoms with Gasteiger partial charge in [-0.2, -0.15) is 0 Å². The van der Waals surface area contributed by atoms with Gasteiger partial charge in [0.2, 0.25) is 0 Å². The third-order valence-electron chi connectivity index (χ3n) is 4.73. The molecule has 0 aromatic heterocycles. The van der Waals surface area contributed by atoms with Crippen molar-refractivity contribution in [3.63, 3.8) is 0 Å². The molecular weight excluding hydrogens is 398 g/mol. The van der Waals surface area contributed by atoms with E-state index in [-0.39, 0.29) is 24.9 Å². The summed E-state index contributed by atoms with van der Waals surface area (Å²) in [7, 11) is 1.30. The number of hydrogen-bond donors (Lipinski definition) is 0. The van der Waals surface area contributed by atoms with Crippen LogP contribution < -0.4 is 9.47 Å². The van der Waals surface area contributed by atoms with Crippen molar-refractivity contribution < 1.29 is 28.5 Å². The minimum absolute atomic E-state index is 0.130. The molecule has 1 amide bonds. The lowest BCUT2D eigenvalue weighted by Gasteiger charge is -2.22. The lowest BCUT2D eigenvalue weighted by Crippen LogP contribution is -2.41. The number of carbonyl (C=O) groups is 2. The van der Waals surface area contributed by atoms with Gasteiger partial charge in [-0.1, -0.05) is 30.3 Å². The third kappa shape index (κ3) is 6.38. The lowest BCUT2D eigenvalue weighted by molar-refractivity contribution is -0.145. The molecule has 3 rings (SSSR count). The highest BCUT2D eigenvalue weighted by Crippen LogP contribution is 2.27. The van der Waals surface area contributed by atoms with Gasteiger partial charge in [-0.05, 0) is 50.6 Å². The Morgan fingerprint density at radius 3 is 2.26 bits per heavy atom. The number of methoxy groups -OCH3 is 1. The maximum absolute atomic E-state index is 12.6. The molecule has 0 N–H and O–H groups in total. The molecular formula is C24H29NO6. The van der Waals surface area contributed by atoms with Gasteiger partial charge in [-0.25, -0.2) is 9.59 Å². The van der Waals surface area contributed by atoms with Gasteiger partial charge in [-0.3, -0.25) is 4.90 Å². The predicted octanol–water partition coefficient (Wildman–Crippen LogP) is 4.20. The number of ether oxygens (including phenoxy) is 4. The Balaban J connectivity index is 1.62. The first kappa shape index (κ1) is 22.5. The van der Waals surface area contributed by atoms with Gasteiger partial charge in [-0.15, -0.1) is 0 Å². The zero-order chi connectivity index (χ0) is 22.4. The van der Waals surface area contributed by atoms with Gasteiger partial charge in [0.25, 0.3) is 0 Å². The van der Waals surface area contributed by atoms with E-state index in [1.807, 2.05) is 75.4 Å². The highest BCUT2D eigenvalue weighted by Gasteiger charge is 2.42. The van der Waals surface area contributed by atoms with Crippen LogP contribution in [-0.4, -0.2) is 48.4 Å². The maximum Gasteiger partial charge on any atom is 0.410 e. The van der Waals surface area contributed by atoms with E-state index >= 15 is 0 Å². The van der Waals surface area contributed by atoms with Crippen LogP contribution >= 0.6 is 0 Å². The SMILES string of the molecule is COC(=O)[C@@H]1C[C@H](Oc2ccc(OC(C)(C)C)cc2)CN1C(=O)OCc1ccccc1. The second-order valence-corrected chi connectivity index (χ2v) is 8.39. The van der Waals surface area contributed by atoms with Crippen molar-refractivity contribution in [3.05, 3.63) is 60.2 Å². The van der Waals surface area contributed by atoms with Crippen molar-refractivity contribution in [2.24, 2.45) is 0 Å². The average molecular weight is 427 g/mol. The zero-order valence-corrected chi connectivity index (χ0v) is 18.4. The van der Waals surface area contributed by atoms with Crippen LogP contribution in [-0.2, 0) is 20.9 Å². The molecule has 0 unspecified atom stereocenters. The summed E-state index contributed by atoms with van der Waals surface area (Å²) < 4.78 is 22.1. The first-order valence-electron chi connectivity index (χ1n) is 10.3. The maximum atomic E-state index is 12.6. The molecule has 1 heterocycles. The molecule has 0 saturated carbocycles. The number of amides is 1. The summed E-state index contributed by atoms with van der Waals surface area (Å²) in [4.78, 5) is 26.3. The van der Waals surface area contributed by atoms with E-state index < -0.39 is 18.1 Å². The van der Waals surface area contributed by atoms with Crippen molar-refractivity contribution in [2.75, 3.05) is 13.7 Å². The molecule has 1 aliphatic rings. The minimum Gasteiger partial charge on any atom is -0.488 e. The van der Waals surface area contributed by atoms with Gasteiger partial charge >= 0.3 is 12.1 Å². The Kier molecular flexibility index (Phi) is 7.05. The van der Waals surface area contributed by atoms with Gasteiger partial charge in [0.1, 0.15) is 35.9 Å². The summed E-state index contributed by atoms with van der Waals surface area (Å²) in [5.41, 5.74) is 0.581. The van der Waals surface area contributed by atoms with Crippen LogP contribution in [0, 0.1) is 0 Å². The molecule has 166 valence electrons. The van der Waals surface area contributed by atoms with E-state index in [4.69, 9.17) is 18.9 Å². The number of hydrogen-bond acceptors (Lipinski definition) is 6. The Labute approximate surface area is 182 Å². The smallest absolute Gasteiger partial charge is 0.410 e. The molecule has 0 aliphatic carbocycles. The fraction of sp³-hybridized carbons (Fsp3) is 0.417. The molecule has 1 fully saturated rings. The van der Waals surface area contributed by atoms with Crippen molar-refractivity contribution in [2.45, 2.75) is 51.5 Å². The molecule has 0 spiro atoms. The molecule has 0 bridgehead atoms. The number of benzene rings is 2. The van der Waals surface area contributed by atoms with Gasteiger partial charge in [0, 0.05) is 6.42 Å². The normalized spacial score (nSPS) is 18.4. The van der Waals surface area contributed by atoms with Gasteiger partial charge < -0.3 is 18.9 Å². The largest absolute Gasteiger partial charge is 0.488 e. The Morgan fingerprint density at radius 2 is 1.65 bits per heavy atom. The van der Waals surface area contributed by atoms with E-state index in [0.29, 0.717) is 12.2 Å². The molecule has 2 aromatic carbocycles. The summed E-state index contributed by atoms with van der Waals surface area (Å²) in [6, 6.07) is 15.9. The first-order chi connectivity index (χ1) is 14.7. The van der Waals surface area contributed by atoms with Crippen LogP contribution in [0.15, 0.2) is 54.6 Å². The summed E-state index contributed by atoms with van der Waals surface area (Å²) in [5, 5.41) is 0. The van der Waals surface area contributed by atoms with Crippen LogP contribution in [0.25, 0.3) is 0 Å². The fourth-order valence-corrected chi connectivity index (χ4v) is 3.38. The van der Waals surface area contributed by atoms with Crippen molar-refractivity contribution in [1.82, 2.24) is 4.90 Å². The monoisotopic (exact) mass is 427 g/mol. The number of carbonyl (C=O) groups excluding carboxylic acids is 2. The lowest BCUT2D eigenvalue weighted by atomic mass is 10.2. The van der Waals surface area contributed by atoms with Crippen LogP contribution in [0.5, 0.6) is 11.5 Å². The molecule has 2 aromatic rings. The highest BCUT2D eigenvalue weighted by molar-refractivity contribution is 5.82. The number of nitrogens with zero attached hydrogens (tertiary/aromatic N) is 1. The van der Waals surface area contributed by atoms with E-state index in [1.165, 1.54) is 12.0 Å². The van der Waals surface area contributed by atoms with Gasteiger partial charge in [0.05, 0.1) is 13.7 Å². The van der Waals surface area contributed by atoms with Crippen molar-refractivity contribution in [3.8, 4) is 11.5 Å². The first-order valence-corrected chi connectivity index (χ1v) is 10.3. The van der Waals surface area contributed by atoms with Crippen molar-refractivity contribution in [1.29, 1.82) is 0 Å². The van der Waals surface area contributed by atoms with Crippen LogP contribution in [0.3, 0.4) is 0 Å². The van der Waals surface area contributed by atoms with E-state index in [9.17, 15) is 9.59 Å². The minimum atomic E-state index is -0.748. The standard InChI is InChI=1S/C24H29NO6/c1-24(2,3)31-19-12-10-18(11-13-19)30-20-14-21(22(26)28-4)25(15-20)23(27)29-16-17-8-6-5-7-9-17/h5-13,20-21H,14-16H2,1-4H3/t20-,21-/m0/s1. The molecule has 1 saturated heterocycles. The topological polar surface area (TPSA) is 74.3 Å². The summed E-state index contributed by atoms with van der Waals surface area (Å²) in [6.07, 6.45) is -0.602. The second-order valence-electron chi connectivity index (χ2n) is 8.39. The molecule has 2 atom stereocenters. The molecule has 7 heteroatoms. The molecule has 1 aliphatic heterocycles. The molecule has 31 heavy (non-hydrogen) atoms. The Bertz CT molecular complexity index is 875. The number of rotatable bonds is 6.